The van der Waals surface area contributed by atoms with Crippen LogP contribution in [0.4, 0.5) is 0 Å². The van der Waals surface area contributed by atoms with Crippen LogP contribution in [0.3, 0.4) is 0 Å². The third-order valence-electron chi connectivity index (χ3n) is 2.47. The number of allylic oxidation sites excluding steroid dienone is 3. The molecule has 2 aliphatic rings. The summed E-state index contributed by atoms with van der Waals surface area (Å²) in [5, 5.41) is 0. The normalized spacial score (nSPS) is 27.6. The van der Waals surface area contributed by atoms with Gasteiger partial charge >= 0.3 is 69.7 Å². The second-order valence-electron chi connectivity index (χ2n) is 3.30. The van der Waals surface area contributed by atoms with Crippen LogP contribution in [-0.2, 0) is 0 Å². The van der Waals surface area contributed by atoms with Gasteiger partial charge in [0.1, 0.15) is 0 Å². The second kappa shape index (κ2) is 2.74. The topological polar surface area (TPSA) is 0 Å². The number of hydrogen-bond acceptors (Lipinski definition) is 0. The van der Waals surface area contributed by atoms with Crippen molar-refractivity contribution in [1.29, 1.82) is 0 Å². The molecule has 0 nitrogen and oxygen atoms in total. The Balaban J connectivity index is 2.28. The van der Waals surface area contributed by atoms with Crippen molar-refractivity contribution in [2.45, 2.75) is 19.3 Å². The summed E-state index contributed by atoms with van der Waals surface area (Å²) in [6.45, 7) is 6.33. The monoisotopic (exact) mass is 164 g/mol. The third-order valence-corrected chi connectivity index (χ3v) is 5.75. The molecule has 1 saturated heterocycles. The average Bonchev–Trinajstić information content (AvgIpc) is 2.55. The van der Waals surface area contributed by atoms with Crippen LogP contribution in [0.25, 0.3) is 0 Å². The number of rotatable bonds is 0. The molecule has 1 fully saturated rings. The zero-order valence-electron chi connectivity index (χ0n) is 6.75. The Kier molecular flexibility index (Phi) is 1.88. The predicted molar refractivity (Wildman–Crippen MR) is 54.2 cm³/mol. The maximum absolute atomic E-state index is 6.33. The SMILES string of the molecule is B#S1(C2=CCC=C2)CCCC1. The molecule has 0 aromatic carbocycles. The van der Waals surface area contributed by atoms with E-state index in [0.717, 1.165) is 6.42 Å². The van der Waals surface area contributed by atoms with Crippen LogP contribution >= 0.6 is 9.26 Å². The molecule has 0 aromatic heterocycles. The maximum atomic E-state index is 6.33. The fourth-order valence-electron chi connectivity index (χ4n) is 1.79. The molecule has 1 heterocycles. The fourth-order valence-corrected chi connectivity index (χ4v) is 4.70. The second-order valence-corrected chi connectivity index (χ2v) is 6.48. The first-order chi connectivity index (χ1) is 5.31. The van der Waals surface area contributed by atoms with E-state index in [9.17, 15) is 0 Å². The molecule has 0 N–H and O–H groups in total. The quantitative estimate of drug-likeness (QED) is 0.482. The van der Waals surface area contributed by atoms with Crippen LogP contribution in [0.1, 0.15) is 19.3 Å². The van der Waals surface area contributed by atoms with E-state index < -0.39 is 9.26 Å². The van der Waals surface area contributed by atoms with E-state index in [4.69, 9.17) is 6.53 Å². The molecule has 0 amide bonds. The van der Waals surface area contributed by atoms with Gasteiger partial charge in [-0.1, -0.05) is 0 Å². The first-order valence-electron chi connectivity index (χ1n) is 4.24. The van der Waals surface area contributed by atoms with Gasteiger partial charge in [0, 0.05) is 0 Å². The summed E-state index contributed by atoms with van der Waals surface area (Å²) in [6.07, 6.45) is 10.6. The summed E-state index contributed by atoms with van der Waals surface area (Å²) in [4.78, 5) is 1.47. The minimum absolute atomic E-state index is 0.808. The van der Waals surface area contributed by atoms with Crippen molar-refractivity contribution in [3.05, 3.63) is 23.1 Å². The van der Waals surface area contributed by atoms with Crippen molar-refractivity contribution in [3.63, 3.8) is 0 Å². The number of hydrogen-bond donors (Lipinski definition) is 0. The average molecular weight is 164 g/mol. The van der Waals surface area contributed by atoms with E-state index in [1.54, 1.807) is 0 Å². The Morgan fingerprint density at radius 2 is 2.00 bits per heavy atom. The Hall–Kier alpha value is -0.105. The molecule has 11 heavy (non-hydrogen) atoms. The van der Waals surface area contributed by atoms with Gasteiger partial charge in [0.2, 0.25) is 0 Å². The molecule has 0 saturated carbocycles. The van der Waals surface area contributed by atoms with E-state index in [-0.39, 0.29) is 0 Å². The summed E-state index contributed by atoms with van der Waals surface area (Å²) in [5.74, 6) is 2.53. The molecule has 1 aliphatic carbocycles. The van der Waals surface area contributed by atoms with E-state index in [0.29, 0.717) is 0 Å². The molecule has 0 spiro atoms. The van der Waals surface area contributed by atoms with Gasteiger partial charge in [0.25, 0.3) is 0 Å². The summed E-state index contributed by atoms with van der Waals surface area (Å²) >= 11 is 0. The summed E-state index contributed by atoms with van der Waals surface area (Å²) in [5.41, 5.74) is 0. The van der Waals surface area contributed by atoms with Crippen molar-refractivity contribution in [2.24, 2.45) is 0 Å². The van der Waals surface area contributed by atoms with Crippen LogP contribution < -0.4 is 0 Å². The van der Waals surface area contributed by atoms with Gasteiger partial charge in [-0.15, -0.1) is 0 Å². The molecule has 0 aromatic rings. The van der Waals surface area contributed by atoms with Crippen molar-refractivity contribution in [3.8, 4) is 0 Å². The molecule has 0 bridgehead atoms. The van der Waals surface area contributed by atoms with Gasteiger partial charge in [-0.2, -0.15) is 0 Å². The molecule has 0 radical (unpaired) electrons. The van der Waals surface area contributed by atoms with Crippen LogP contribution in [-0.4, -0.2) is 18.0 Å². The predicted octanol–water partition coefficient (Wildman–Crippen LogP) is 2.51. The molecule has 2 heteroatoms. The summed E-state index contributed by atoms with van der Waals surface area (Å²) in [7, 11) is -0.808. The molecule has 1 aliphatic heterocycles. The van der Waals surface area contributed by atoms with E-state index in [1.165, 1.54) is 29.3 Å². The van der Waals surface area contributed by atoms with Gasteiger partial charge in [0.05, 0.1) is 0 Å². The molecule has 58 valence electrons. The van der Waals surface area contributed by atoms with Crippen LogP contribution in [0.5, 0.6) is 0 Å². The first kappa shape index (κ1) is 7.54. The summed E-state index contributed by atoms with van der Waals surface area (Å²) < 4.78 is 0. The Labute approximate surface area is 70.2 Å². The van der Waals surface area contributed by atoms with E-state index in [2.05, 4.69) is 18.2 Å². The molecule has 0 atom stereocenters. The van der Waals surface area contributed by atoms with Gasteiger partial charge in [-0.05, 0) is 0 Å². The molecule has 2 rings (SSSR count). The Morgan fingerprint density at radius 1 is 1.27 bits per heavy atom. The first-order valence-corrected chi connectivity index (χ1v) is 6.28. The fraction of sp³-hybridized carbons (Fsp3) is 0.556. The van der Waals surface area contributed by atoms with Crippen LogP contribution in [0.15, 0.2) is 23.1 Å². The summed E-state index contributed by atoms with van der Waals surface area (Å²) in [6, 6.07) is 0. The molecular formula is C9H13BS. The third kappa shape index (κ3) is 1.29. The van der Waals surface area contributed by atoms with Gasteiger partial charge in [-0.25, -0.2) is 0 Å². The Morgan fingerprint density at radius 3 is 2.55 bits per heavy atom. The van der Waals surface area contributed by atoms with Crippen molar-refractivity contribution in [2.75, 3.05) is 11.5 Å². The Bertz CT molecular complexity index is 301. The van der Waals surface area contributed by atoms with Crippen LogP contribution in [0, 0.1) is 0 Å². The molecular weight excluding hydrogens is 151 g/mol. The van der Waals surface area contributed by atoms with Crippen molar-refractivity contribution < 1.29 is 0 Å². The zero-order valence-corrected chi connectivity index (χ0v) is 7.57. The van der Waals surface area contributed by atoms with Crippen molar-refractivity contribution >= 4 is 15.8 Å². The van der Waals surface area contributed by atoms with E-state index in [1.807, 2.05) is 0 Å². The zero-order chi connectivity index (χ0) is 7.73. The molecule has 0 unspecified atom stereocenters. The van der Waals surface area contributed by atoms with Gasteiger partial charge in [0.15, 0.2) is 0 Å². The van der Waals surface area contributed by atoms with Crippen molar-refractivity contribution in [1.82, 2.24) is 0 Å². The van der Waals surface area contributed by atoms with Crippen LogP contribution in [0.2, 0.25) is 0 Å². The minimum atomic E-state index is -0.808. The van der Waals surface area contributed by atoms with E-state index >= 15 is 0 Å². The standard InChI is InChI=1S/C9H13BS/c10-11(7-3-4-8-11)9-5-1-2-6-9/h1,5-6H,2-4,7-8H2. The van der Waals surface area contributed by atoms with Gasteiger partial charge < -0.3 is 0 Å². The van der Waals surface area contributed by atoms with Gasteiger partial charge in [-0.3, -0.25) is 0 Å².